The Morgan fingerprint density at radius 2 is 1.83 bits per heavy atom. The fourth-order valence-corrected chi connectivity index (χ4v) is 4.32. The van der Waals surface area contributed by atoms with Gasteiger partial charge >= 0.3 is 0 Å². The predicted octanol–water partition coefficient (Wildman–Crippen LogP) is 1.76. The summed E-state index contributed by atoms with van der Waals surface area (Å²) in [5, 5.41) is 13.9. The molecule has 3 rings (SSSR count). The lowest BCUT2D eigenvalue weighted by atomic mass is 9.78. The van der Waals surface area contributed by atoms with Crippen LogP contribution in [0.1, 0.15) is 51.4 Å². The largest absolute Gasteiger partial charge is 0.394 e. The van der Waals surface area contributed by atoms with Crippen molar-refractivity contribution in [1.82, 2.24) is 10.2 Å². The Hall–Kier alpha value is -0.120. The second-order valence-electron chi connectivity index (χ2n) is 6.68. The zero-order valence-electron chi connectivity index (χ0n) is 11.5. The highest BCUT2D eigenvalue weighted by Crippen LogP contribution is 2.36. The first-order valence-corrected chi connectivity index (χ1v) is 7.93. The van der Waals surface area contributed by atoms with Crippen LogP contribution in [-0.4, -0.2) is 47.8 Å². The monoisotopic (exact) mass is 252 g/mol. The Morgan fingerprint density at radius 3 is 2.56 bits per heavy atom. The van der Waals surface area contributed by atoms with Crippen LogP contribution >= 0.6 is 0 Å². The third-order valence-corrected chi connectivity index (χ3v) is 5.56. The van der Waals surface area contributed by atoms with Crippen molar-refractivity contribution in [2.45, 2.75) is 62.9 Å². The Labute approximate surface area is 111 Å². The van der Waals surface area contributed by atoms with Crippen molar-refractivity contribution in [3.8, 4) is 0 Å². The molecule has 3 heteroatoms. The van der Waals surface area contributed by atoms with Gasteiger partial charge in [0, 0.05) is 18.1 Å². The Balaban J connectivity index is 1.67. The SMILES string of the molecule is OCC1(NC2CCCCCC2)CCN2CCC1C2. The maximum absolute atomic E-state index is 9.98. The van der Waals surface area contributed by atoms with Gasteiger partial charge in [-0.2, -0.15) is 0 Å². The summed E-state index contributed by atoms with van der Waals surface area (Å²) >= 11 is 0. The number of fused-ring (bicyclic) bond motifs is 2. The average molecular weight is 252 g/mol. The molecule has 0 aromatic heterocycles. The van der Waals surface area contributed by atoms with Crippen molar-refractivity contribution in [2.24, 2.45) is 5.92 Å². The second-order valence-corrected chi connectivity index (χ2v) is 6.68. The molecule has 0 radical (unpaired) electrons. The van der Waals surface area contributed by atoms with Gasteiger partial charge in [-0.3, -0.25) is 0 Å². The third kappa shape index (κ3) is 2.45. The minimum absolute atomic E-state index is 0.0437. The fraction of sp³-hybridized carbons (Fsp3) is 1.00. The first-order valence-electron chi connectivity index (χ1n) is 7.93. The van der Waals surface area contributed by atoms with E-state index in [0.717, 1.165) is 6.42 Å². The number of nitrogens with zero attached hydrogens (tertiary/aromatic N) is 1. The highest BCUT2D eigenvalue weighted by Gasteiger charge is 2.46. The van der Waals surface area contributed by atoms with Crippen molar-refractivity contribution in [1.29, 1.82) is 0 Å². The standard InChI is InChI=1S/C15H28N2O/c18-12-15(8-10-17-9-7-13(15)11-17)16-14-5-3-1-2-4-6-14/h13-14,16,18H,1-12H2. The van der Waals surface area contributed by atoms with Crippen LogP contribution in [0, 0.1) is 5.92 Å². The summed E-state index contributed by atoms with van der Waals surface area (Å²) < 4.78 is 0. The van der Waals surface area contributed by atoms with E-state index in [1.54, 1.807) is 0 Å². The summed E-state index contributed by atoms with van der Waals surface area (Å²) in [5.41, 5.74) is 0.0437. The molecule has 2 saturated heterocycles. The second kappa shape index (κ2) is 5.48. The number of aliphatic hydroxyl groups excluding tert-OH is 1. The molecule has 3 unspecified atom stereocenters. The minimum atomic E-state index is 0.0437. The van der Waals surface area contributed by atoms with Crippen molar-refractivity contribution in [3.63, 3.8) is 0 Å². The van der Waals surface area contributed by atoms with Gasteiger partial charge in [-0.15, -0.1) is 0 Å². The molecule has 1 aliphatic carbocycles. The predicted molar refractivity (Wildman–Crippen MR) is 73.6 cm³/mol. The molecule has 1 saturated carbocycles. The van der Waals surface area contributed by atoms with Crippen LogP contribution in [0.3, 0.4) is 0 Å². The molecule has 2 bridgehead atoms. The first kappa shape index (κ1) is 12.9. The molecule has 104 valence electrons. The Morgan fingerprint density at radius 1 is 1.06 bits per heavy atom. The Kier molecular flexibility index (Phi) is 3.92. The van der Waals surface area contributed by atoms with Crippen LogP contribution in [0.15, 0.2) is 0 Å². The van der Waals surface area contributed by atoms with E-state index in [0.29, 0.717) is 18.6 Å². The van der Waals surface area contributed by atoms with E-state index in [4.69, 9.17) is 0 Å². The van der Waals surface area contributed by atoms with E-state index < -0.39 is 0 Å². The van der Waals surface area contributed by atoms with Crippen LogP contribution < -0.4 is 5.32 Å². The van der Waals surface area contributed by atoms with E-state index in [1.807, 2.05) is 0 Å². The van der Waals surface area contributed by atoms with Gasteiger partial charge in [0.15, 0.2) is 0 Å². The molecule has 0 amide bonds. The van der Waals surface area contributed by atoms with E-state index in [2.05, 4.69) is 10.2 Å². The van der Waals surface area contributed by atoms with Crippen LogP contribution in [0.25, 0.3) is 0 Å². The van der Waals surface area contributed by atoms with Gasteiger partial charge in [0.1, 0.15) is 0 Å². The molecule has 2 heterocycles. The molecular formula is C15H28N2O. The van der Waals surface area contributed by atoms with Gasteiger partial charge in [0.05, 0.1) is 6.61 Å². The summed E-state index contributed by atoms with van der Waals surface area (Å²) in [7, 11) is 0. The molecule has 3 atom stereocenters. The molecule has 3 nitrogen and oxygen atoms in total. The highest BCUT2D eigenvalue weighted by atomic mass is 16.3. The van der Waals surface area contributed by atoms with Gasteiger partial charge < -0.3 is 15.3 Å². The first-order chi connectivity index (χ1) is 8.82. The summed E-state index contributed by atoms with van der Waals surface area (Å²) in [6.45, 7) is 3.97. The van der Waals surface area contributed by atoms with Crippen LogP contribution in [0.2, 0.25) is 0 Å². The smallest absolute Gasteiger partial charge is 0.0617 e. The van der Waals surface area contributed by atoms with E-state index in [-0.39, 0.29) is 5.54 Å². The minimum Gasteiger partial charge on any atom is -0.394 e. The van der Waals surface area contributed by atoms with Gasteiger partial charge in [-0.1, -0.05) is 25.7 Å². The van der Waals surface area contributed by atoms with Crippen molar-refractivity contribution < 1.29 is 5.11 Å². The third-order valence-electron chi connectivity index (χ3n) is 5.56. The number of hydrogen-bond donors (Lipinski definition) is 2. The van der Waals surface area contributed by atoms with Crippen molar-refractivity contribution in [2.75, 3.05) is 26.2 Å². The van der Waals surface area contributed by atoms with E-state index in [9.17, 15) is 5.11 Å². The molecule has 0 aromatic carbocycles. The molecule has 0 spiro atoms. The lowest BCUT2D eigenvalue weighted by Crippen LogP contribution is -2.61. The summed E-state index contributed by atoms with van der Waals surface area (Å²) in [4.78, 5) is 2.56. The number of nitrogens with one attached hydrogen (secondary N) is 1. The molecule has 18 heavy (non-hydrogen) atoms. The van der Waals surface area contributed by atoms with Crippen LogP contribution in [0.5, 0.6) is 0 Å². The summed E-state index contributed by atoms with van der Waals surface area (Å²) in [5.74, 6) is 0.680. The molecule has 0 aromatic rings. The van der Waals surface area contributed by atoms with Gasteiger partial charge in [-0.25, -0.2) is 0 Å². The maximum Gasteiger partial charge on any atom is 0.0617 e. The van der Waals surface area contributed by atoms with Crippen LogP contribution in [-0.2, 0) is 0 Å². The van der Waals surface area contributed by atoms with Gasteiger partial charge in [-0.05, 0) is 44.7 Å². The fourth-order valence-electron chi connectivity index (χ4n) is 4.32. The quantitative estimate of drug-likeness (QED) is 0.751. The number of rotatable bonds is 3. The maximum atomic E-state index is 9.98. The molecule has 2 aliphatic heterocycles. The molecule has 3 aliphatic rings. The number of aliphatic hydroxyl groups is 1. The van der Waals surface area contributed by atoms with E-state index in [1.165, 1.54) is 64.6 Å². The Bertz CT molecular complexity index is 276. The van der Waals surface area contributed by atoms with E-state index >= 15 is 0 Å². The summed E-state index contributed by atoms with van der Waals surface area (Å²) in [6.07, 6.45) is 10.6. The molecular weight excluding hydrogens is 224 g/mol. The zero-order chi connectivity index (χ0) is 12.4. The van der Waals surface area contributed by atoms with Crippen molar-refractivity contribution >= 4 is 0 Å². The topological polar surface area (TPSA) is 35.5 Å². The van der Waals surface area contributed by atoms with Gasteiger partial charge in [0.25, 0.3) is 0 Å². The lowest BCUT2D eigenvalue weighted by Gasteiger charge is -2.45. The van der Waals surface area contributed by atoms with Gasteiger partial charge in [0.2, 0.25) is 0 Å². The molecule has 3 fully saturated rings. The number of piperidine rings is 1. The molecule has 2 N–H and O–H groups in total. The zero-order valence-corrected chi connectivity index (χ0v) is 11.5. The highest BCUT2D eigenvalue weighted by molar-refractivity contribution is 5.04. The summed E-state index contributed by atoms with van der Waals surface area (Å²) in [6, 6.07) is 0.659. The van der Waals surface area contributed by atoms with Crippen molar-refractivity contribution in [3.05, 3.63) is 0 Å². The van der Waals surface area contributed by atoms with Crippen LogP contribution in [0.4, 0.5) is 0 Å². The normalized spacial score (nSPS) is 41.8. The average Bonchev–Trinajstić information content (AvgIpc) is 2.64. The number of hydrogen-bond acceptors (Lipinski definition) is 3. The lowest BCUT2D eigenvalue weighted by molar-refractivity contribution is 0.0531.